The summed E-state index contributed by atoms with van der Waals surface area (Å²) >= 11 is 5.74. The number of nitrogens with zero attached hydrogens (tertiary/aromatic N) is 3. The molecular weight excluding hydrogens is 368 g/mol. The average Bonchev–Trinajstić information content (AvgIpc) is 3.36. The quantitative estimate of drug-likeness (QED) is 0.627. The van der Waals surface area contributed by atoms with Crippen LogP contribution in [-0.2, 0) is 6.54 Å². The Kier molecular flexibility index (Phi) is 4.98. The molecule has 0 aliphatic carbocycles. The first-order valence-corrected chi connectivity index (χ1v) is 10.1. The molecular formula is C22H26N4OS. The number of thiocarbonyl (C=S) groups is 1. The third-order valence-corrected chi connectivity index (χ3v) is 5.81. The van der Waals surface area contributed by atoms with Crippen molar-refractivity contribution < 1.29 is 4.42 Å². The van der Waals surface area contributed by atoms with Crippen molar-refractivity contribution in [1.82, 2.24) is 19.8 Å². The summed E-state index contributed by atoms with van der Waals surface area (Å²) in [5.74, 6) is 0.897. The zero-order valence-electron chi connectivity index (χ0n) is 16.7. The molecule has 6 heteroatoms. The Morgan fingerprint density at radius 3 is 2.64 bits per heavy atom. The summed E-state index contributed by atoms with van der Waals surface area (Å²) in [6, 6.07) is 12.7. The Balaban J connectivity index is 1.81. The molecule has 1 fully saturated rings. The molecule has 0 unspecified atom stereocenters. The number of aryl methyl sites for hydroxylation is 1. The van der Waals surface area contributed by atoms with E-state index >= 15 is 0 Å². The van der Waals surface area contributed by atoms with Gasteiger partial charge in [-0.1, -0.05) is 6.07 Å². The molecule has 5 nitrogen and oxygen atoms in total. The summed E-state index contributed by atoms with van der Waals surface area (Å²) in [7, 11) is 0. The molecule has 2 atom stereocenters. The van der Waals surface area contributed by atoms with E-state index in [1.807, 2.05) is 30.5 Å². The van der Waals surface area contributed by atoms with Crippen molar-refractivity contribution in [2.75, 3.05) is 0 Å². The van der Waals surface area contributed by atoms with Crippen LogP contribution in [0.2, 0.25) is 0 Å². The minimum Gasteiger partial charge on any atom is -0.467 e. The first kappa shape index (κ1) is 18.7. The van der Waals surface area contributed by atoms with Gasteiger partial charge in [-0.25, -0.2) is 0 Å². The second kappa shape index (κ2) is 7.43. The van der Waals surface area contributed by atoms with E-state index in [0.29, 0.717) is 12.6 Å². The molecule has 3 aromatic rings. The van der Waals surface area contributed by atoms with Crippen LogP contribution in [0.15, 0.2) is 53.3 Å². The molecule has 0 amide bonds. The van der Waals surface area contributed by atoms with Gasteiger partial charge in [0.05, 0.1) is 30.6 Å². The van der Waals surface area contributed by atoms with Crippen LogP contribution in [0.1, 0.15) is 60.4 Å². The zero-order chi connectivity index (χ0) is 19.8. The summed E-state index contributed by atoms with van der Waals surface area (Å²) in [6.07, 6.45) is 3.54. The Labute approximate surface area is 171 Å². The number of hydrogen-bond donors (Lipinski definition) is 1. The maximum atomic E-state index is 5.74. The largest absolute Gasteiger partial charge is 0.467 e. The highest BCUT2D eigenvalue weighted by Crippen LogP contribution is 2.42. The number of rotatable bonds is 5. The SMILES string of the molecule is Cc1cc([C@H]2[C@@H](c3ccccn3)NC(=S)N2Cc2ccco2)c(C)n1C(C)C. The van der Waals surface area contributed by atoms with E-state index in [1.165, 1.54) is 17.0 Å². The van der Waals surface area contributed by atoms with Crippen molar-refractivity contribution in [2.24, 2.45) is 0 Å². The molecule has 146 valence electrons. The van der Waals surface area contributed by atoms with Gasteiger partial charge in [-0.3, -0.25) is 4.98 Å². The van der Waals surface area contributed by atoms with Crippen LogP contribution in [0.25, 0.3) is 0 Å². The Morgan fingerprint density at radius 1 is 1.21 bits per heavy atom. The molecule has 1 N–H and O–H groups in total. The minimum absolute atomic E-state index is 0.00947. The molecule has 28 heavy (non-hydrogen) atoms. The molecule has 4 heterocycles. The van der Waals surface area contributed by atoms with Gasteiger partial charge >= 0.3 is 0 Å². The van der Waals surface area contributed by atoms with E-state index in [0.717, 1.165) is 16.6 Å². The van der Waals surface area contributed by atoms with Crippen LogP contribution in [-0.4, -0.2) is 19.6 Å². The van der Waals surface area contributed by atoms with Crippen LogP contribution < -0.4 is 5.32 Å². The predicted octanol–water partition coefficient (Wildman–Crippen LogP) is 4.85. The Morgan fingerprint density at radius 2 is 2.04 bits per heavy atom. The summed E-state index contributed by atoms with van der Waals surface area (Å²) in [5, 5.41) is 4.24. The first-order valence-electron chi connectivity index (χ1n) is 9.66. The zero-order valence-corrected chi connectivity index (χ0v) is 17.5. The molecule has 0 bridgehead atoms. The van der Waals surface area contributed by atoms with Gasteiger partial charge in [0, 0.05) is 23.6 Å². The van der Waals surface area contributed by atoms with Crippen molar-refractivity contribution in [3.05, 3.63) is 77.3 Å². The molecule has 1 aliphatic rings. The first-order chi connectivity index (χ1) is 13.5. The maximum Gasteiger partial charge on any atom is 0.170 e. The van der Waals surface area contributed by atoms with Crippen LogP contribution in [0, 0.1) is 13.8 Å². The van der Waals surface area contributed by atoms with Gasteiger partial charge in [0.1, 0.15) is 5.76 Å². The number of aromatic nitrogens is 2. The van der Waals surface area contributed by atoms with E-state index in [1.54, 1.807) is 6.26 Å². The van der Waals surface area contributed by atoms with Crippen molar-refractivity contribution >= 4 is 17.3 Å². The second-order valence-electron chi connectivity index (χ2n) is 7.62. The smallest absolute Gasteiger partial charge is 0.170 e. The lowest BCUT2D eigenvalue weighted by Gasteiger charge is -2.27. The summed E-state index contributed by atoms with van der Waals surface area (Å²) in [6.45, 7) is 9.43. The minimum atomic E-state index is -0.00947. The van der Waals surface area contributed by atoms with Gasteiger partial charge in [-0.05, 0) is 75.8 Å². The van der Waals surface area contributed by atoms with Crippen molar-refractivity contribution in [2.45, 2.75) is 52.4 Å². The van der Waals surface area contributed by atoms with Crippen LogP contribution in [0.3, 0.4) is 0 Å². The average molecular weight is 395 g/mol. The molecule has 4 rings (SSSR count). The fraction of sp³-hybridized carbons (Fsp3) is 0.364. The second-order valence-corrected chi connectivity index (χ2v) is 8.01. The molecule has 0 aromatic carbocycles. The molecule has 0 saturated carbocycles. The topological polar surface area (TPSA) is 46.2 Å². The number of furan rings is 1. The Bertz CT molecular complexity index is 962. The maximum absolute atomic E-state index is 5.74. The summed E-state index contributed by atoms with van der Waals surface area (Å²) in [5.41, 5.74) is 4.80. The molecule has 3 aromatic heterocycles. The number of nitrogens with one attached hydrogen (secondary N) is 1. The van der Waals surface area contributed by atoms with Crippen LogP contribution >= 0.6 is 12.2 Å². The predicted molar refractivity (Wildman–Crippen MR) is 114 cm³/mol. The molecule has 1 aliphatic heterocycles. The fourth-order valence-electron chi connectivity index (χ4n) is 4.38. The van der Waals surface area contributed by atoms with Gasteiger partial charge in [-0.2, -0.15) is 0 Å². The van der Waals surface area contributed by atoms with Gasteiger partial charge in [0.2, 0.25) is 0 Å². The summed E-state index contributed by atoms with van der Waals surface area (Å²) in [4.78, 5) is 6.84. The fourth-order valence-corrected chi connectivity index (χ4v) is 4.69. The van der Waals surface area contributed by atoms with Crippen LogP contribution in [0.4, 0.5) is 0 Å². The highest BCUT2D eigenvalue weighted by atomic mass is 32.1. The number of pyridine rings is 1. The highest BCUT2D eigenvalue weighted by Gasteiger charge is 2.41. The number of hydrogen-bond acceptors (Lipinski definition) is 3. The third-order valence-electron chi connectivity index (χ3n) is 5.46. The van der Waals surface area contributed by atoms with E-state index in [-0.39, 0.29) is 12.1 Å². The van der Waals surface area contributed by atoms with Gasteiger partial charge < -0.3 is 19.2 Å². The monoisotopic (exact) mass is 394 g/mol. The van der Waals surface area contributed by atoms with E-state index < -0.39 is 0 Å². The van der Waals surface area contributed by atoms with Crippen molar-refractivity contribution in [3.8, 4) is 0 Å². The lowest BCUT2D eigenvalue weighted by atomic mass is 9.96. The third kappa shape index (κ3) is 3.22. The molecule has 0 radical (unpaired) electrons. The van der Waals surface area contributed by atoms with Gasteiger partial charge in [0.15, 0.2) is 5.11 Å². The van der Waals surface area contributed by atoms with E-state index in [4.69, 9.17) is 16.6 Å². The Hall–Kier alpha value is -2.60. The standard InChI is InChI=1S/C22H26N4OS/c1-14(2)26-15(3)12-18(16(26)4)21-20(19-9-5-6-10-23-19)24-22(28)25(21)13-17-8-7-11-27-17/h5-12,14,20-21H,13H2,1-4H3,(H,24,28)/t20-,21+/m1/s1. The van der Waals surface area contributed by atoms with Crippen molar-refractivity contribution in [1.29, 1.82) is 0 Å². The van der Waals surface area contributed by atoms with E-state index in [9.17, 15) is 0 Å². The van der Waals surface area contributed by atoms with Crippen molar-refractivity contribution in [3.63, 3.8) is 0 Å². The lowest BCUT2D eigenvalue weighted by Crippen LogP contribution is -2.29. The van der Waals surface area contributed by atoms with Gasteiger partial charge in [0.25, 0.3) is 0 Å². The van der Waals surface area contributed by atoms with E-state index in [2.05, 4.69) is 59.6 Å². The molecule has 1 saturated heterocycles. The highest BCUT2D eigenvalue weighted by molar-refractivity contribution is 7.80. The lowest BCUT2D eigenvalue weighted by molar-refractivity contribution is 0.286. The molecule has 0 spiro atoms. The summed E-state index contributed by atoms with van der Waals surface area (Å²) < 4.78 is 8.00. The van der Waals surface area contributed by atoms with Crippen LogP contribution in [0.5, 0.6) is 0 Å². The van der Waals surface area contributed by atoms with Gasteiger partial charge in [-0.15, -0.1) is 0 Å². The normalized spacial score (nSPS) is 19.5.